The number of nitrogens with zero attached hydrogens (tertiary/aromatic N) is 1. The molecule has 5 heteroatoms. The van der Waals surface area contributed by atoms with Crippen molar-refractivity contribution in [2.45, 2.75) is 44.3 Å². The standard InChI is InChI=1S/C28H30N2O3/c1-28-7-5-19-12-21-23(31)9-16(14-29)10-24(21)33-27(19)22(28)13-25(32-2)26(28)18-3-4-20-15-30-8-6-17(20)11-18/h3-8,11-12,15-16,22,25-27H,9-10,13-14,29H2,1-2H3/t16?,22-,25+,26-,27+,28-/m0/s1. The summed E-state index contributed by atoms with van der Waals surface area (Å²) in [6, 6.07) is 8.74. The van der Waals surface area contributed by atoms with Gasteiger partial charge in [0.25, 0.3) is 0 Å². The van der Waals surface area contributed by atoms with Crippen molar-refractivity contribution >= 4 is 16.6 Å². The van der Waals surface area contributed by atoms with Gasteiger partial charge >= 0.3 is 0 Å². The Morgan fingerprint density at radius 3 is 2.94 bits per heavy atom. The number of ether oxygens (including phenoxy) is 2. The second-order valence-electron chi connectivity index (χ2n) is 10.2. The summed E-state index contributed by atoms with van der Waals surface area (Å²) in [5.41, 5.74) is 8.93. The Bertz CT molecular complexity index is 1230. The van der Waals surface area contributed by atoms with Gasteiger partial charge in [0, 0.05) is 55.0 Å². The van der Waals surface area contributed by atoms with Crippen molar-refractivity contribution in [3.63, 3.8) is 0 Å². The van der Waals surface area contributed by atoms with Crippen molar-refractivity contribution in [1.29, 1.82) is 0 Å². The summed E-state index contributed by atoms with van der Waals surface area (Å²) in [6.45, 7) is 2.85. The molecule has 1 saturated carbocycles. The number of nitrogens with two attached hydrogens (primary N) is 1. The van der Waals surface area contributed by atoms with Crippen molar-refractivity contribution in [3.05, 3.63) is 77.4 Å². The number of fused-ring (bicyclic) bond motifs is 4. The minimum absolute atomic E-state index is 0.0598. The van der Waals surface area contributed by atoms with Crippen LogP contribution in [0.15, 0.2) is 71.8 Å². The first-order chi connectivity index (χ1) is 16.0. The van der Waals surface area contributed by atoms with E-state index in [4.69, 9.17) is 15.2 Å². The Hall–Kier alpha value is -2.76. The summed E-state index contributed by atoms with van der Waals surface area (Å²) in [6.07, 6.45) is 12.6. The molecule has 1 unspecified atom stereocenters. The number of pyridine rings is 1. The first-order valence-electron chi connectivity index (χ1n) is 11.9. The van der Waals surface area contributed by atoms with Crippen LogP contribution in [0.5, 0.6) is 0 Å². The average molecular weight is 443 g/mol. The molecule has 2 heterocycles. The zero-order valence-electron chi connectivity index (χ0n) is 19.2. The number of rotatable bonds is 3. The van der Waals surface area contributed by atoms with Gasteiger partial charge in [-0.25, -0.2) is 0 Å². The van der Waals surface area contributed by atoms with Gasteiger partial charge in [0.05, 0.1) is 11.7 Å². The number of Topliss-reactive ketones (excluding diaryl/α,β-unsaturated/α-hetero) is 1. The fourth-order valence-electron chi connectivity index (χ4n) is 6.66. The van der Waals surface area contributed by atoms with Crippen LogP contribution in [0.25, 0.3) is 10.8 Å². The Kier molecular flexibility index (Phi) is 4.82. The van der Waals surface area contributed by atoms with Crippen LogP contribution in [0.4, 0.5) is 0 Å². The third-order valence-electron chi connectivity index (χ3n) is 8.44. The monoisotopic (exact) mass is 442 g/mol. The lowest BCUT2D eigenvalue weighted by Crippen LogP contribution is -2.41. The van der Waals surface area contributed by atoms with Crippen LogP contribution >= 0.6 is 0 Å². The Morgan fingerprint density at radius 1 is 1.24 bits per heavy atom. The van der Waals surface area contributed by atoms with Crippen LogP contribution in [0.3, 0.4) is 0 Å². The molecule has 0 amide bonds. The molecule has 3 aliphatic carbocycles. The maximum Gasteiger partial charge on any atom is 0.166 e. The summed E-state index contributed by atoms with van der Waals surface area (Å²) in [4.78, 5) is 17.0. The molecule has 1 aromatic carbocycles. The molecule has 0 radical (unpaired) electrons. The van der Waals surface area contributed by atoms with Crippen LogP contribution in [0.2, 0.25) is 0 Å². The molecule has 2 aromatic rings. The zero-order chi connectivity index (χ0) is 22.7. The van der Waals surface area contributed by atoms with Crippen molar-refractivity contribution in [2.75, 3.05) is 13.7 Å². The summed E-state index contributed by atoms with van der Waals surface area (Å²) in [7, 11) is 1.82. The van der Waals surface area contributed by atoms with Gasteiger partial charge < -0.3 is 15.2 Å². The zero-order valence-corrected chi connectivity index (χ0v) is 19.2. The second kappa shape index (κ2) is 7.64. The van der Waals surface area contributed by atoms with Gasteiger partial charge in [-0.3, -0.25) is 9.78 Å². The Labute approximate surface area is 194 Å². The maximum absolute atomic E-state index is 12.7. The molecule has 2 N–H and O–H groups in total. The predicted molar refractivity (Wildman–Crippen MR) is 127 cm³/mol. The van der Waals surface area contributed by atoms with E-state index in [9.17, 15) is 4.79 Å². The van der Waals surface area contributed by atoms with E-state index in [0.717, 1.165) is 35.1 Å². The van der Waals surface area contributed by atoms with Gasteiger partial charge in [-0.15, -0.1) is 0 Å². The molecule has 5 nitrogen and oxygen atoms in total. The number of allylic oxidation sites excluding steroid dienone is 4. The van der Waals surface area contributed by atoms with Crippen molar-refractivity contribution in [2.24, 2.45) is 23.0 Å². The number of carbonyl (C=O) groups is 1. The first kappa shape index (κ1) is 20.8. The number of methoxy groups -OCH3 is 1. The fraction of sp³-hybridized carbons (Fsp3) is 0.429. The summed E-state index contributed by atoms with van der Waals surface area (Å²) in [5.74, 6) is 1.64. The molecule has 170 valence electrons. The Morgan fingerprint density at radius 2 is 2.12 bits per heavy atom. The number of hydrogen-bond acceptors (Lipinski definition) is 5. The first-order valence-corrected chi connectivity index (χ1v) is 11.9. The predicted octanol–water partition coefficient (Wildman–Crippen LogP) is 4.45. The van der Waals surface area contributed by atoms with E-state index in [-0.39, 0.29) is 41.2 Å². The largest absolute Gasteiger partial charge is 0.489 e. The number of hydrogen-bond donors (Lipinski definition) is 1. The van der Waals surface area contributed by atoms with Crippen LogP contribution in [0, 0.1) is 17.3 Å². The van der Waals surface area contributed by atoms with Gasteiger partial charge in [-0.05, 0) is 47.5 Å². The molecule has 6 atom stereocenters. The van der Waals surface area contributed by atoms with E-state index in [2.05, 4.69) is 54.4 Å². The van der Waals surface area contributed by atoms with Crippen LogP contribution in [-0.2, 0) is 14.3 Å². The van der Waals surface area contributed by atoms with Crippen molar-refractivity contribution in [3.8, 4) is 0 Å². The molecule has 1 aliphatic heterocycles. The number of benzene rings is 1. The number of aromatic nitrogens is 1. The number of carbonyl (C=O) groups excluding carboxylic acids is 1. The van der Waals surface area contributed by atoms with E-state index in [1.165, 1.54) is 10.9 Å². The SMILES string of the molecule is CO[C@@H]1C[C@H]2[C@@H]3OC4=C(C=C3C=C[C@]2(C)[C@H]1c1ccc2cnccc2c1)C(=O)CC(CN)C4. The van der Waals surface area contributed by atoms with Gasteiger partial charge in [0.2, 0.25) is 0 Å². The van der Waals surface area contributed by atoms with Gasteiger partial charge in [0.1, 0.15) is 11.9 Å². The van der Waals surface area contributed by atoms with Crippen molar-refractivity contribution in [1.82, 2.24) is 4.98 Å². The van der Waals surface area contributed by atoms with E-state index >= 15 is 0 Å². The van der Waals surface area contributed by atoms with E-state index in [0.29, 0.717) is 13.0 Å². The second-order valence-corrected chi connectivity index (χ2v) is 10.2. The lowest BCUT2D eigenvalue weighted by molar-refractivity contribution is -0.117. The lowest BCUT2D eigenvalue weighted by atomic mass is 9.64. The lowest BCUT2D eigenvalue weighted by Gasteiger charge is -2.44. The molecule has 1 fully saturated rings. The fourth-order valence-corrected chi connectivity index (χ4v) is 6.66. The van der Waals surface area contributed by atoms with E-state index < -0.39 is 0 Å². The van der Waals surface area contributed by atoms with Crippen LogP contribution < -0.4 is 5.73 Å². The third kappa shape index (κ3) is 3.13. The normalized spacial score (nSPS) is 35.1. The van der Waals surface area contributed by atoms with E-state index in [1.807, 2.05) is 19.5 Å². The molecule has 33 heavy (non-hydrogen) atoms. The highest BCUT2D eigenvalue weighted by Crippen LogP contribution is 2.60. The number of ketones is 1. The highest BCUT2D eigenvalue weighted by atomic mass is 16.5. The van der Waals surface area contributed by atoms with Gasteiger partial charge in [-0.1, -0.05) is 37.3 Å². The van der Waals surface area contributed by atoms with Gasteiger partial charge in [-0.2, -0.15) is 0 Å². The molecular weight excluding hydrogens is 412 g/mol. The van der Waals surface area contributed by atoms with Crippen molar-refractivity contribution < 1.29 is 14.3 Å². The third-order valence-corrected chi connectivity index (χ3v) is 8.44. The van der Waals surface area contributed by atoms with Gasteiger partial charge in [0.15, 0.2) is 5.78 Å². The molecule has 0 spiro atoms. The highest BCUT2D eigenvalue weighted by Gasteiger charge is 2.57. The highest BCUT2D eigenvalue weighted by molar-refractivity contribution is 6.00. The van der Waals surface area contributed by atoms with Crippen LogP contribution in [-0.4, -0.2) is 36.6 Å². The summed E-state index contributed by atoms with van der Waals surface area (Å²) >= 11 is 0. The molecule has 1 aromatic heterocycles. The summed E-state index contributed by atoms with van der Waals surface area (Å²) in [5, 5.41) is 2.34. The molecule has 0 saturated heterocycles. The molecule has 6 rings (SSSR count). The topological polar surface area (TPSA) is 74.4 Å². The minimum Gasteiger partial charge on any atom is -0.489 e. The molecular formula is C28H30N2O3. The minimum atomic E-state index is -0.118. The quantitative estimate of drug-likeness (QED) is 0.760. The maximum atomic E-state index is 12.7. The molecule has 4 aliphatic rings. The summed E-state index contributed by atoms with van der Waals surface area (Å²) < 4.78 is 12.7. The average Bonchev–Trinajstić information content (AvgIpc) is 3.15. The molecule has 0 bridgehead atoms. The Balaban J connectivity index is 1.40. The van der Waals surface area contributed by atoms with E-state index in [1.54, 1.807) is 0 Å². The smallest absolute Gasteiger partial charge is 0.166 e. The van der Waals surface area contributed by atoms with Crippen LogP contribution in [0.1, 0.15) is 37.7 Å².